The van der Waals surface area contributed by atoms with Gasteiger partial charge in [0.15, 0.2) is 18.1 Å². The van der Waals surface area contributed by atoms with E-state index in [2.05, 4.69) is 5.32 Å². The van der Waals surface area contributed by atoms with Crippen LogP contribution in [0.1, 0.15) is 30.0 Å². The van der Waals surface area contributed by atoms with Crippen molar-refractivity contribution in [2.24, 2.45) is 0 Å². The predicted octanol–water partition coefficient (Wildman–Crippen LogP) is 4.64. The lowest BCUT2D eigenvalue weighted by molar-refractivity contribution is -0.153. The molecule has 0 saturated heterocycles. The lowest BCUT2D eigenvalue weighted by atomic mass is 10.0. The van der Waals surface area contributed by atoms with E-state index < -0.39 is 24.8 Å². The summed E-state index contributed by atoms with van der Waals surface area (Å²) in [5, 5.41) is 3.32. The van der Waals surface area contributed by atoms with E-state index >= 15 is 0 Å². The third kappa shape index (κ3) is 8.30. The molecule has 2 aromatic rings. The average Bonchev–Trinajstić information content (AvgIpc) is 2.75. The van der Waals surface area contributed by atoms with Crippen LogP contribution < -0.4 is 14.8 Å². The number of nitrogens with one attached hydrogen (secondary N) is 1. The van der Waals surface area contributed by atoms with E-state index in [1.165, 1.54) is 26.4 Å². The summed E-state index contributed by atoms with van der Waals surface area (Å²) in [5.74, 6) is -0.703. The molecule has 0 bridgehead atoms. The van der Waals surface area contributed by atoms with Gasteiger partial charge in [-0.15, -0.1) is 0 Å². The van der Waals surface area contributed by atoms with Gasteiger partial charge in [0.1, 0.15) is 0 Å². The Morgan fingerprint density at radius 3 is 2.34 bits per heavy atom. The number of aryl methyl sites for hydroxylation is 1. The number of esters is 1. The maximum Gasteiger partial charge on any atom is 0.422 e. The Kier molecular flexibility index (Phi) is 9.19. The second-order valence-electron chi connectivity index (χ2n) is 6.84. The molecule has 0 radical (unpaired) electrons. The number of methoxy groups -OCH3 is 2. The van der Waals surface area contributed by atoms with Gasteiger partial charge in [0.2, 0.25) is 5.91 Å². The molecule has 2 rings (SSSR count). The van der Waals surface area contributed by atoms with Crippen LogP contribution in [0.2, 0.25) is 5.02 Å². The summed E-state index contributed by atoms with van der Waals surface area (Å²) in [7, 11) is 2.58. The zero-order chi connectivity index (χ0) is 23.7. The van der Waals surface area contributed by atoms with Crippen molar-refractivity contribution >= 4 is 23.5 Å². The zero-order valence-corrected chi connectivity index (χ0v) is 18.3. The van der Waals surface area contributed by atoms with Crippen molar-refractivity contribution in [1.82, 2.24) is 5.32 Å². The van der Waals surface area contributed by atoms with Gasteiger partial charge in [0.05, 0.1) is 26.7 Å². The van der Waals surface area contributed by atoms with Crippen LogP contribution in [-0.4, -0.2) is 38.9 Å². The maximum absolute atomic E-state index is 12.5. The highest BCUT2D eigenvalue weighted by atomic mass is 35.5. The number of hydrogen-bond acceptors (Lipinski definition) is 5. The number of halogens is 4. The first kappa shape index (κ1) is 25.3. The Hall–Kier alpha value is -2.94. The highest BCUT2D eigenvalue weighted by molar-refractivity contribution is 6.30. The molecular weight excluding hydrogens is 451 g/mol. The van der Waals surface area contributed by atoms with Crippen LogP contribution in [0.5, 0.6) is 11.5 Å². The van der Waals surface area contributed by atoms with E-state index in [9.17, 15) is 22.8 Å². The van der Waals surface area contributed by atoms with E-state index in [4.69, 9.17) is 25.8 Å². The van der Waals surface area contributed by atoms with Crippen molar-refractivity contribution in [3.63, 3.8) is 0 Å². The largest absolute Gasteiger partial charge is 0.493 e. The van der Waals surface area contributed by atoms with Gasteiger partial charge in [-0.2, -0.15) is 13.2 Å². The highest BCUT2D eigenvalue weighted by Gasteiger charge is 2.29. The van der Waals surface area contributed by atoms with Crippen molar-refractivity contribution in [1.29, 1.82) is 0 Å². The van der Waals surface area contributed by atoms with Crippen LogP contribution in [0.4, 0.5) is 13.2 Å². The van der Waals surface area contributed by atoms with Gasteiger partial charge >= 0.3 is 12.1 Å². The summed E-state index contributed by atoms with van der Waals surface area (Å²) in [5.41, 5.74) is 1.37. The normalized spacial score (nSPS) is 12.1. The number of amides is 1. The molecule has 174 valence electrons. The van der Waals surface area contributed by atoms with Crippen LogP contribution in [0, 0.1) is 0 Å². The Balaban J connectivity index is 2.01. The highest BCUT2D eigenvalue weighted by Crippen LogP contribution is 2.30. The fourth-order valence-corrected chi connectivity index (χ4v) is 2.99. The van der Waals surface area contributed by atoms with Crippen molar-refractivity contribution < 1.29 is 37.0 Å². The van der Waals surface area contributed by atoms with Gasteiger partial charge in [0.25, 0.3) is 0 Å². The molecular formula is C22H23ClF3NO5. The molecule has 10 heteroatoms. The summed E-state index contributed by atoms with van der Waals surface area (Å²) in [6, 6.07) is 10.6. The van der Waals surface area contributed by atoms with E-state index in [1.807, 2.05) is 0 Å². The fourth-order valence-electron chi connectivity index (χ4n) is 2.87. The number of ether oxygens (including phenoxy) is 3. The van der Waals surface area contributed by atoms with Gasteiger partial charge in [-0.3, -0.25) is 9.59 Å². The van der Waals surface area contributed by atoms with E-state index in [0.29, 0.717) is 22.6 Å². The third-order valence-corrected chi connectivity index (χ3v) is 4.72. The molecule has 32 heavy (non-hydrogen) atoms. The van der Waals surface area contributed by atoms with Crippen molar-refractivity contribution in [3.8, 4) is 11.5 Å². The molecule has 0 aliphatic carbocycles. The minimum absolute atomic E-state index is 0.0427. The molecule has 1 unspecified atom stereocenters. The monoisotopic (exact) mass is 473 g/mol. The number of benzene rings is 2. The number of carbonyl (C=O) groups excluding carboxylic acids is 2. The molecule has 0 saturated carbocycles. The lowest BCUT2D eigenvalue weighted by Crippen LogP contribution is -2.30. The number of carbonyl (C=O) groups is 2. The topological polar surface area (TPSA) is 73.9 Å². The van der Waals surface area contributed by atoms with Gasteiger partial charge in [-0.1, -0.05) is 29.8 Å². The predicted molar refractivity (Wildman–Crippen MR) is 112 cm³/mol. The molecule has 0 aliphatic heterocycles. The van der Waals surface area contributed by atoms with Crippen LogP contribution in [0.25, 0.3) is 0 Å². The first-order chi connectivity index (χ1) is 15.1. The molecule has 2 aromatic carbocycles. The maximum atomic E-state index is 12.5. The fraction of sp³-hybridized carbons (Fsp3) is 0.364. The Morgan fingerprint density at radius 1 is 1.06 bits per heavy atom. The average molecular weight is 474 g/mol. The second kappa shape index (κ2) is 11.6. The molecule has 0 aliphatic rings. The molecule has 0 fully saturated rings. The molecule has 0 aromatic heterocycles. The SMILES string of the molecule is COC(=O)CC(NC(=O)CCc1ccc(OCC(F)(F)F)c(OC)c1)c1ccc(Cl)cc1. The van der Waals surface area contributed by atoms with Crippen LogP contribution in [-0.2, 0) is 20.7 Å². The second-order valence-corrected chi connectivity index (χ2v) is 7.28. The first-order valence-electron chi connectivity index (χ1n) is 9.59. The molecule has 1 N–H and O–H groups in total. The van der Waals surface area contributed by atoms with Crippen molar-refractivity contribution in [2.45, 2.75) is 31.5 Å². The number of hydrogen-bond donors (Lipinski definition) is 1. The smallest absolute Gasteiger partial charge is 0.422 e. The summed E-state index contributed by atoms with van der Waals surface area (Å²) < 4.78 is 51.6. The Labute approximate surface area is 188 Å². The quantitative estimate of drug-likeness (QED) is 0.509. The molecule has 6 nitrogen and oxygen atoms in total. The number of alkyl halides is 3. The summed E-state index contributed by atoms with van der Waals surface area (Å²) in [4.78, 5) is 24.2. The summed E-state index contributed by atoms with van der Waals surface area (Å²) >= 11 is 5.90. The van der Waals surface area contributed by atoms with Gasteiger partial charge < -0.3 is 19.5 Å². The Bertz CT molecular complexity index is 919. The molecule has 1 amide bonds. The molecule has 0 spiro atoms. The van der Waals surface area contributed by atoms with Crippen LogP contribution in [0.15, 0.2) is 42.5 Å². The van der Waals surface area contributed by atoms with Gasteiger partial charge in [-0.05, 0) is 41.8 Å². The van der Waals surface area contributed by atoms with Gasteiger partial charge in [0, 0.05) is 11.4 Å². The Morgan fingerprint density at radius 2 is 1.75 bits per heavy atom. The minimum Gasteiger partial charge on any atom is -0.493 e. The van der Waals surface area contributed by atoms with E-state index in [0.717, 1.165) is 0 Å². The lowest BCUT2D eigenvalue weighted by Gasteiger charge is -2.18. The number of rotatable bonds is 10. The standard InChI is InChI=1S/C22H23ClF3NO5/c1-30-19-11-14(3-9-18(19)32-13-22(24,25)26)4-10-20(28)27-17(12-21(29)31-2)15-5-7-16(23)8-6-15/h3,5-9,11,17H,4,10,12-13H2,1-2H3,(H,27,28). The minimum atomic E-state index is -4.47. The van der Waals surface area contributed by atoms with Gasteiger partial charge in [-0.25, -0.2) is 0 Å². The van der Waals surface area contributed by atoms with Crippen LogP contribution in [0.3, 0.4) is 0 Å². The van der Waals surface area contributed by atoms with Crippen molar-refractivity contribution in [3.05, 3.63) is 58.6 Å². The first-order valence-corrected chi connectivity index (χ1v) is 9.97. The molecule has 0 heterocycles. The summed E-state index contributed by atoms with van der Waals surface area (Å²) in [6.45, 7) is -1.43. The van der Waals surface area contributed by atoms with E-state index in [1.54, 1.807) is 30.3 Å². The molecule has 1 atom stereocenters. The van der Waals surface area contributed by atoms with E-state index in [-0.39, 0.29) is 30.2 Å². The third-order valence-electron chi connectivity index (χ3n) is 4.47. The van der Waals surface area contributed by atoms with Crippen LogP contribution >= 0.6 is 11.6 Å². The van der Waals surface area contributed by atoms with Crippen molar-refractivity contribution in [2.75, 3.05) is 20.8 Å². The summed E-state index contributed by atoms with van der Waals surface area (Å²) in [6.07, 6.45) is -4.14. The zero-order valence-electron chi connectivity index (χ0n) is 17.5.